The first-order chi connectivity index (χ1) is 9.34. The predicted molar refractivity (Wildman–Crippen MR) is 79.2 cm³/mol. The van der Waals surface area contributed by atoms with Crippen molar-refractivity contribution < 1.29 is 9.53 Å². The van der Waals surface area contributed by atoms with E-state index in [0.717, 1.165) is 32.4 Å². The summed E-state index contributed by atoms with van der Waals surface area (Å²) in [6.07, 6.45) is 13.6. The fourth-order valence-corrected chi connectivity index (χ4v) is 2.55. The van der Waals surface area contributed by atoms with Crippen LogP contribution in [-0.4, -0.2) is 25.2 Å². The summed E-state index contributed by atoms with van der Waals surface area (Å²) in [4.78, 5) is 11.6. The highest BCUT2D eigenvalue weighted by Gasteiger charge is 2.22. The molecular weight excluding hydrogens is 238 g/mol. The summed E-state index contributed by atoms with van der Waals surface area (Å²) in [5.41, 5.74) is 0. The molecule has 0 aromatic rings. The molecule has 19 heavy (non-hydrogen) atoms. The smallest absolute Gasteiger partial charge is 0.249 e. The lowest BCUT2D eigenvalue weighted by Crippen LogP contribution is -2.34. The minimum absolute atomic E-state index is 0.0945. The molecule has 1 atom stereocenters. The minimum Gasteiger partial charge on any atom is -0.368 e. The van der Waals surface area contributed by atoms with E-state index < -0.39 is 0 Å². The van der Waals surface area contributed by atoms with E-state index in [4.69, 9.17) is 4.74 Å². The quantitative estimate of drug-likeness (QED) is 0.579. The van der Waals surface area contributed by atoms with Gasteiger partial charge in [-0.3, -0.25) is 4.79 Å². The van der Waals surface area contributed by atoms with Gasteiger partial charge in [-0.25, -0.2) is 0 Å². The Bertz CT molecular complexity index is 225. The molecule has 0 aliphatic carbocycles. The maximum atomic E-state index is 11.6. The van der Waals surface area contributed by atoms with Crippen LogP contribution in [0.5, 0.6) is 0 Å². The van der Waals surface area contributed by atoms with Crippen LogP contribution >= 0.6 is 0 Å². The molecule has 1 aliphatic heterocycles. The molecule has 1 saturated heterocycles. The zero-order valence-electron chi connectivity index (χ0n) is 12.6. The molecule has 0 saturated carbocycles. The van der Waals surface area contributed by atoms with Gasteiger partial charge in [0.15, 0.2) is 0 Å². The summed E-state index contributed by atoms with van der Waals surface area (Å²) in [5, 5.41) is 2.98. The van der Waals surface area contributed by atoms with Crippen LogP contribution in [0.2, 0.25) is 0 Å². The molecule has 1 N–H and O–H groups in total. The number of nitrogens with one attached hydrogen (secondary N) is 1. The van der Waals surface area contributed by atoms with Gasteiger partial charge in [0, 0.05) is 13.2 Å². The van der Waals surface area contributed by atoms with Crippen LogP contribution in [0, 0.1) is 0 Å². The summed E-state index contributed by atoms with van der Waals surface area (Å²) < 4.78 is 5.35. The minimum atomic E-state index is -0.168. The fraction of sp³-hybridized carbons (Fsp3) is 0.938. The third kappa shape index (κ3) is 8.25. The van der Waals surface area contributed by atoms with E-state index in [0.29, 0.717) is 0 Å². The van der Waals surface area contributed by atoms with E-state index >= 15 is 0 Å². The van der Waals surface area contributed by atoms with Gasteiger partial charge in [-0.1, -0.05) is 58.3 Å². The number of amides is 1. The SMILES string of the molecule is CCCCCCCCCCCNC(=O)C1CCCO1. The second-order valence-corrected chi connectivity index (χ2v) is 5.62. The number of rotatable bonds is 11. The van der Waals surface area contributed by atoms with Crippen molar-refractivity contribution in [2.24, 2.45) is 0 Å². The number of ether oxygens (including phenoxy) is 1. The molecule has 1 fully saturated rings. The Balaban J connectivity index is 1.79. The van der Waals surface area contributed by atoms with Gasteiger partial charge >= 0.3 is 0 Å². The van der Waals surface area contributed by atoms with Crippen LogP contribution in [0.4, 0.5) is 0 Å². The first kappa shape index (κ1) is 16.5. The maximum Gasteiger partial charge on any atom is 0.249 e. The largest absolute Gasteiger partial charge is 0.368 e. The molecule has 1 rings (SSSR count). The molecule has 0 radical (unpaired) electrons. The molecule has 0 spiro atoms. The molecular formula is C16H31NO2. The van der Waals surface area contributed by atoms with Gasteiger partial charge < -0.3 is 10.1 Å². The normalized spacial score (nSPS) is 18.7. The van der Waals surface area contributed by atoms with Gasteiger partial charge in [-0.2, -0.15) is 0 Å². The molecule has 3 heteroatoms. The van der Waals surface area contributed by atoms with E-state index in [-0.39, 0.29) is 12.0 Å². The number of hydrogen-bond donors (Lipinski definition) is 1. The van der Waals surface area contributed by atoms with E-state index in [1.807, 2.05) is 0 Å². The Morgan fingerprint density at radius 2 is 1.68 bits per heavy atom. The highest BCUT2D eigenvalue weighted by Crippen LogP contribution is 2.12. The Morgan fingerprint density at radius 3 is 2.26 bits per heavy atom. The van der Waals surface area contributed by atoms with Crippen molar-refractivity contribution in [2.75, 3.05) is 13.2 Å². The first-order valence-corrected chi connectivity index (χ1v) is 8.24. The summed E-state index contributed by atoms with van der Waals surface area (Å²) in [6.45, 7) is 3.82. The molecule has 1 unspecified atom stereocenters. The molecule has 3 nitrogen and oxygen atoms in total. The van der Waals surface area contributed by atoms with Crippen molar-refractivity contribution in [3.63, 3.8) is 0 Å². The van der Waals surface area contributed by atoms with Crippen molar-refractivity contribution in [2.45, 2.75) is 83.7 Å². The van der Waals surface area contributed by atoms with Crippen molar-refractivity contribution in [3.05, 3.63) is 0 Å². The Labute approximate surface area is 118 Å². The first-order valence-electron chi connectivity index (χ1n) is 8.24. The zero-order chi connectivity index (χ0) is 13.8. The molecule has 1 heterocycles. The van der Waals surface area contributed by atoms with Crippen LogP contribution in [-0.2, 0) is 9.53 Å². The van der Waals surface area contributed by atoms with Crippen molar-refractivity contribution in [1.29, 1.82) is 0 Å². The van der Waals surface area contributed by atoms with E-state index in [2.05, 4.69) is 12.2 Å². The van der Waals surface area contributed by atoms with Crippen molar-refractivity contribution in [1.82, 2.24) is 5.32 Å². The highest BCUT2D eigenvalue weighted by atomic mass is 16.5. The van der Waals surface area contributed by atoms with Crippen LogP contribution < -0.4 is 5.32 Å². The Hall–Kier alpha value is -0.570. The van der Waals surface area contributed by atoms with E-state index in [1.54, 1.807) is 0 Å². The topological polar surface area (TPSA) is 38.3 Å². The summed E-state index contributed by atoms with van der Waals surface area (Å²) >= 11 is 0. The summed E-state index contributed by atoms with van der Waals surface area (Å²) in [5.74, 6) is 0.0945. The molecule has 112 valence electrons. The van der Waals surface area contributed by atoms with Crippen LogP contribution in [0.25, 0.3) is 0 Å². The lowest BCUT2D eigenvalue weighted by atomic mass is 10.1. The monoisotopic (exact) mass is 269 g/mol. The van der Waals surface area contributed by atoms with Crippen LogP contribution in [0.1, 0.15) is 77.6 Å². The van der Waals surface area contributed by atoms with Crippen molar-refractivity contribution >= 4 is 5.91 Å². The van der Waals surface area contributed by atoms with Gasteiger partial charge in [0.05, 0.1) is 0 Å². The Morgan fingerprint density at radius 1 is 1.05 bits per heavy atom. The standard InChI is InChI=1S/C16H31NO2/c1-2-3-4-5-6-7-8-9-10-13-17-16(18)15-12-11-14-19-15/h15H,2-14H2,1H3,(H,17,18). The predicted octanol–water partition coefficient (Wildman–Crippen LogP) is 3.81. The van der Waals surface area contributed by atoms with Crippen molar-refractivity contribution in [3.8, 4) is 0 Å². The van der Waals surface area contributed by atoms with E-state index in [1.165, 1.54) is 51.4 Å². The fourth-order valence-electron chi connectivity index (χ4n) is 2.55. The molecule has 0 aromatic carbocycles. The maximum absolute atomic E-state index is 11.6. The van der Waals surface area contributed by atoms with Gasteiger partial charge in [0.2, 0.25) is 5.91 Å². The Kier molecular flexibility index (Phi) is 9.78. The molecule has 1 amide bonds. The average Bonchev–Trinajstić information content (AvgIpc) is 2.95. The summed E-state index contributed by atoms with van der Waals surface area (Å²) in [6, 6.07) is 0. The van der Waals surface area contributed by atoms with E-state index in [9.17, 15) is 4.79 Å². The summed E-state index contributed by atoms with van der Waals surface area (Å²) in [7, 11) is 0. The van der Waals surface area contributed by atoms with Gasteiger partial charge in [0.25, 0.3) is 0 Å². The average molecular weight is 269 g/mol. The lowest BCUT2D eigenvalue weighted by Gasteiger charge is -2.10. The molecule has 1 aliphatic rings. The zero-order valence-corrected chi connectivity index (χ0v) is 12.6. The number of carbonyl (C=O) groups is 1. The lowest BCUT2D eigenvalue weighted by molar-refractivity contribution is -0.130. The molecule has 0 aromatic heterocycles. The van der Waals surface area contributed by atoms with Gasteiger partial charge in [0.1, 0.15) is 6.10 Å². The van der Waals surface area contributed by atoms with Gasteiger partial charge in [-0.15, -0.1) is 0 Å². The number of hydrogen-bond acceptors (Lipinski definition) is 2. The third-order valence-corrected chi connectivity index (χ3v) is 3.80. The van der Waals surface area contributed by atoms with Crippen LogP contribution in [0.15, 0.2) is 0 Å². The van der Waals surface area contributed by atoms with Crippen LogP contribution in [0.3, 0.4) is 0 Å². The number of carbonyl (C=O) groups excluding carboxylic acids is 1. The number of unbranched alkanes of at least 4 members (excludes halogenated alkanes) is 8. The third-order valence-electron chi connectivity index (χ3n) is 3.80. The van der Waals surface area contributed by atoms with Gasteiger partial charge in [-0.05, 0) is 19.3 Å². The second-order valence-electron chi connectivity index (χ2n) is 5.62. The second kappa shape index (κ2) is 11.3. The molecule has 0 bridgehead atoms. The highest BCUT2D eigenvalue weighted by molar-refractivity contribution is 5.80.